The van der Waals surface area contributed by atoms with Crippen molar-refractivity contribution in [2.75, 3.05) is 6.61 Å². The van der Waals surface area contributed by atoms with E-state index < -0.39 is 12.1 Å². The van der Waals surface area contributed by atoms with Crippen LogP contribution in [-0.4, -0.2) is 34.9 Å². The number of aliphatic hydroxyl groups excluding tert-OH is 2. The van der Waals surface area contributed by atoms with Gasteiger partial charge in [-0.05, 0) is 89.9 Å². The SMILES string of the molecule is CC/C=C\C/C=C\C/C=C\C/C=C\C/C=C\CCCCCCCCCCCCCCCCCCCCCCCC(=O)NC(CO)C(O)/C=C/CC/C=C/CC/C=C/CCCCCCCCCCCCCCCC. The van der Waals surface area contributed by atoms with Crippen LogP contribution in [-0.2, 0) is 4.79 Å². The molecule has 0 rings (SSSR count). The lowest BCUT2D eigenvalue weighted by atomic mass is 10.0. The van der Waals surface area contributed by atoms with E-state index >= 15 is 0 Å². The van der Waals surface area contributed by atoms with Crippen molar-refractivity contribution in [1.82, 2.24) is 5.32 Å². The van der Waals surface area contributed by atoms with Crippen molar-refractivity contribution in [3.8, 4) is 0 Å². The average Bonchev–Trinajstić information content (AvgIpc) is 3.40. The lowest BCUT2D eigenvalue weighted by molar-refractivity contribution is -0.123. The van der Waals surface area contributed by atoms with Crippen molar-refractivity contribution in [3.63, 3.8) is 0 Å². The zero-order chi connectivity index (χ0) is 52.7. The monoisotopic (exact) mass is 1010 g/mol. The molecule has 0 spiro atoms. The second-order valence-electron chi connectivity index (χ2n) is 21.4. The Bertz CT molecular complexity index is 1330. The van der Waals surface area contributed by atoms with E-state index in [-0.39, 0.29) is 12.5 Å². The summed E-state index contributed by atoms with van der Waals surface area (Å²) in [6, 6.07) is -0.650. The Morgan fingerprint density at radius 3 is 0.959 bits per heavy atom. The highest BCUT2D eigenvalue weighted by Gasteiger charge is 2.18. The first-order valence-electron chi connectivity index (χ1n) is 32.0. The van der Waals surface area contributed by atoms with Crippen LogP contribution in [0.15, 0.2) is 97.2 Å². The fraction of sp³-hybridized carbons (Fsp3) is 0.754. The molecule has 0 heterocycles. The molecule has 0 bridgehead atoms. The number of rotatable bonds is 58. The van der Waals surface area contributed by atoms with E-state index in [1.165, 1.54) is 225 Å². The van der Waals surface area contributed by atoms with Crippen LogP contribution >= 0.6 is 0 Å². The Morgan fingerprint density at radius 1 is 0.342 bits per heavy atom. The fourth-order valence-electron chi connectivity index (χ4n) is 9.48. The maximum Gasteiger partial charge on any atom is 0.220 e. The fourth-order valence-corrected chi connectivity index (χ4v) is 9.48. The van der Waals surface area contributed by atoms with Gasteiger partial charge in [-0.3, -0.25) is 4.79 Å². The number of unbranched alkanes of at least 4 members (excludes halogenated alkanes) is 37. The Hall–Kier alpha value is -2.69. The molecule has 0 aromatic heterocycles. The molecule has 2 atom stereocenters. The van der Waals surface area contributed by atoms with Gasteiger partial charge in [0.05, 0.1) is 18.8 Å². The second-order valence-corrected chi connectivity index (χ2v) is 21.4. The van der Waals surface area contributed by atoms with Crippen LogP contribution in [0.1, 0.15) is 316 Å². The third-order valence-corrected chi connectivity index (χ3v) is 14.3. The molecule has 4 heteroatoms. The quantitative estimate of drug-likeness (QED) is 0.0420. The van der Waals surface area contributed by atoms with Crippen LogP contribution in [0.5, 0.6) is 0 Å². The molecule has 73 heavy (non-hydrogen) atoms. The van der Waals surface area contributed by atoms with Crippen molar-refractivity contribution in [1.29, 1.82) is 0 Å². The van der Waals surface area contributed by atoms with Gasteiger partial charge in [0.2, 0.25) is 5.91 Å². The van der Waals surface area contributed by atoms with Crippen LogP contribution in [0.3, 0.4) is 0 Å². The molecule has 4 nitrogen and oxygen atoms in total. The van der Waals surface area contributed by atoms with Crippen molar-refractivity contribution in [2.45, 2.75) is 328 Å². The Balaban J connectivity index is 3.51. The van der Waals surface area contributed by atoms with Gasteiger partial charge in [0.1, 0.15) is 0 Å². The summed E-state index contributed by atoms with van der Waals surface area (Å²) in [5, 5.41) is 23.2. The van der Waals surface area contributed by atoms with Gasteiger partial charge in [0.15, 0.2) is 0 Å². The molecule has 0 fully saturated rings. The highest BCUT2D eigenvalue weighted by atomic mass is 16.3. The first-order chi connectivity index (χ1) is 36.2. The minimum Gasteiger partial charge on any atom is -0.394 e. The highest BCUT2D eigenvalue weighted by molar-refractivity contribution is 5.76. The smallest absolute Gasteiger partial charge is 0.220 e. The first-order valence-corrected chi connectivity index (χ1v) is 32.0. The van der Waals surface area contributed by atoms with Crippen molar-refractivity contribution in [3.05, 3.63) is 97.2 Å². The van der Waals surface area contributed by atoms with E-state index in [4.69, 9.17) is 0 Å². The normalized spacial score (nSPS) is 13.4. The largest absolute Gasteiger partial charge is 0.394 e. The number of hydrogen-bond acceptors (Lipinski definition) is 3. The van der Waals surface area contributed by atoms with Crippen LogP contribution in [0.4, 0.5) is 0 Å². The van der Waals surface area contributed by atoms with Gasteiger partial charge in [0, 0.05) is 6.42 Å². The molecule has 0 radical (unpaired) electrons. The van der Waals surface area contributed by atoms with E-state index in [0.29, 0.717) is 6.42 Å². The van der Waals surface area contributed by atoms with E-state index in [2.05, 4.69) is 104 Å². The predicted molar refractivity (Wildman–Crippen MR) is 326 cm³/mol. The number of amides is 1. The summed E-state index contributed by atoms with van der Waals surface area (Å²) in [6.07, 6.45) is 94.6. The number of allylic oxidation sites excluding steroid dienone is 15. The van der Waals surface area contributed by atoms with E-state index in [1.807, 2.05) is 6.08 Å². The molecule has 422 valence electrons. The standard InChI is InChI=1S/C69H123NO3/c1-3-5-7-9-11-13-15-17-19-21-23-25-27-29-30-31-32-33-34-35-36-37-38-39-40-41-43-45-47-49-51-53-55-57-59-61-63-65-69(73)70-67(66-71)68(72)64-62-60-58-56-54-52-50-48-46-44-42-28-26-24-22-20-18-16-14-12-10-8-6-4-2/h5,7,11,13,17,19,23,25,29-30,46,48,54,56,62,64,67-68,71-72H,3-4,6,8-10,12,14-16,18,20-22,24,26-28,31-45,47,49-53,55,57-61,63,65-66H2,1-2H3,(H,70,73)/b7-5-,13-11-,19-17-,25-23-,30-29-,48-46+,56-54+,64-62+. The summed E-state index contributed by atoms with van der Waals surface area (Å²) in [4.78, 5) is 12.5. The lowest BCUT2D eigenvalue weighted by Crippen LogP contribution is -2.45. The maximum absolute atomic E-state index is 12.5. The third kappa shape index (κ3) is 60.1. The van der Waals surface area contributed by atoms with E-state index in [9.17, 15) is 15.0 Å². The number of aliphatic hydroxyl groups is 2. The molecule has 3 N–H and O–H groups in total. The summed E-state index contributed by atoms with van der Waals surface area (Å²) in [5.41, 5.74) is 0. The number of carbonyl (C=O) groups is 1. The van der Waals surface area contributed by atoms with Gasteiger partial charge in [-0.25, -0.2) is 0 Å². The average molecular weight is 1010 g/mol. The lowest BCUT2D eigenvalue weighted by Gasteiger charge is -2.19. The molecule has 0 saturated carbocycles. The molecule has 0 aliphatic carbocycles. The molecule has 2 unspecified atom stereocenters. The van der Waals surface area contributed by atoms with Gasteiger partial charge < -0.3 is 15.5 Å². The van der Waals surface area contributed by atoms with Gasteiger partial charge >= 0.3 is 0 Å². The van der Waals surface area contributed by atoms with Crippen LogP contribution in [0, 0.1) is 0 Å². The van der Waals surface area contributed by atoms with Crippen LogP contribution in [0.25, 0.3) is 0 Å². The highest BCUT2D eigenvalue weighted by Crippen LogP contribution is 2.17. The zero-order valence-corrected chi connectivity index (χ0v) is 48.6. The van der Waals surface area contributed by atoms with E-state index in [0.717, 1.165) is 70.6 Å². The topological polar surface area (TPSA) is 69.6 Å². The van der Waals surface area contributed by atoms with Gasteiger partial charge in [-0.2, -0.15) is 0 Å². The van der Waals surface area contributed by atoms with Crippen LogP contribution in [0.2, 0.25) is 0 Å². The van der Waals surface area contributed by atoms with Crippen molar-refractivity contribution in [2.24, 2.45) is 0 Å². The second kappa shape index (κ2) is 63.6. The third-order valence-electron chi connectivity index (χ3n) is 14.3. The molecule has 0 aromatic carbocycles. The summed E-state index contributed by atoms with van der Waals surface area (Å²) >= 11 is 0. The summed E-state index contributed by atoms with van der Waals surface area (Å²) < 4.78 is 0. The van der Waals surface area contributed by atoms with Gasteiger partial charge in [-0.1, -0.05) is 317 Å². The van der Waals surface area contributed by atoms with Crippen LogP contribution < -0.4 is 5.32 Å². The van der Waals surface area contributed by atoms with Crippen molar-refractivity contribution < 1.29 is 15.0 Å². The molecule has 0 saturated heterocycles. The summed E-state index contributed by atoms with van der Waals surface area (Å²) in [5.74, 6) is -0.0754. The zero-order valence-electron chi connectivity index (χ0n) is 48.6. The maximum atomic E-state index is 12.5. The molecule has 0 aromatic rings. The molecule has 0 aliphatic rings. The minimum absolute atomic E-state index is 0.0754. The predicted octanol–water partition coefficient (Wildman–Crippen LogP) is 21.6. The summed E-state index contributed by atoms with van der Waals surface area (Å²) in [6.45, 7) is 4.20. The molecular formula is C69H123NO3. The van der Waals surface area contributed by atoms with Gasteiger partial charge in [-0.15, -0.1) is 0 Å². The molecule has 1 amide bonds. The Morgan fingerprint density at radius 2 is 0.616 bits per heavy atom. The number of nitrogens with one attached hydrogen (secondary N) is 1. The van der Waals surface area contributed by atoms with E-state index in [1.54, 1.807) is 6.08 Å². The minimum atomic E-state index is -0.874. The van der Waals surface area contributed by atoms with Crippen molar-refractivity contribution >= 4 is 5.91 Å². The Kier molecular flexibility index (Phi) is 61.3. The first kappa shape index (κ1) is 70.3. The summed E-state index contributed by atoms with van der Waals surface area (Å²) in [7, 11) is 0. The number of carbonyl (C=O) groups excluding carboxylic acids is 1. The number of hydrogen-bond donors (Lipinski definition) is 3. The molecular weight excluding hydrogens is 891 g/mol. The Labute approximate surface area is 455 Å². The van der Waals surface area contributed by atoms with Gasteiger partial charge in [0.25, 0.3) is 0 Å². The molecule has 0 aliphatic heterocycles.